The predicted octanol–water partition coefficient (Wildman–Crippen LogP) is 2.22. The lowest BCUT2D eigenvalue weighted by molar-refractivity contribution is 0.205. The van der Waals surface area contributed by atoms with Crippen LogP contribution in [0.25, 0.3) is 0 Å². The Labute approximate surface area is 105 Å². The molecular weight excluding hydrogens is 208 g/mol. The van der Waals surface area contributed by atoms with E-state index in [2.05, 4.69) is 48.5 Å². The lowest BCUT2D eigenvalue weighted by atomic mass is 10.1. The summed E-state index contributed by atoms with van der Waals surface area (Å²) in [4.78, 5) is 2.51. The molecule has 0 aromatic heterocycles. The normalized spacial score (nSPS) is 20.8. The first-order chi connectivity index (χ1) is 8.25. The fourth-order valence-corrected chi connectivity index (χ4v) is 2.45. The third-order valence-corrected chi connectivity index (χ3v) is 3.77. The van der Waals surface area contributed by atoms with Crippen molar-refractivity contribution in [2.75, 3.05) is 26.7 Å². The molecule has 1 saturated heterocycles. The number of hydrogen-bond acceptors (Lipinski definition) is 2. The monoisotopic (exact) mass is 232 g/mol. The molecular formula is C15H24N2. The molecule has 1 aliphatic rings. The third-order valence-electron chi connectivity index (χ3n) is 3.77. The minimum absolute atomic E-state index is 0.731. The average molecular weight is 232 g/mol. The molecule has 94 valence electrons. The van der Waals surface area contributed by atoms with Crippen LogP contribution >= 0.6 is 0 Å². The second kappa shape index (κ2) is 6.18. The molecule has 1 aromatic carbocycles. The first-order valence-corrected chi connectivity index (χ1v) is 6.72. The molecule has 1 atom stereocenters. The van der Waals surface area contributed by atoms with Gasteiger partial charge in [0.25, 0.3) is 0 Å². The van der Waals surface area contributed by atoms with E-state index < -0.39 is 0 Å². The lowest BCUT2D eigenvalue weighted by Crippen LogP contribution is -2.44. The van der Waals surface area contributed by atoms with Gasteiger partial charge in [0.15, 0.2) is 0 Å². The van der Waals surface area contributed by atoms with Gasteiger partial charge in [-0.3, -0.25) is 0 Å². The third kappa shape index (κ3) is 3.83. The molecule has 0 aliphatic carbocycles. The summed E-state index contributed by atoms with van der Waals surface area (Å²) in [5, 5.41) is 3.48. The van der Waals surface area contributed by atoms with Crippen LogP contribution in [0.4, 0.5) is 0 Å². The van der Waals surface area contributed by atoms with E-state index in [9.17, 15) is 0 Å². The Bertz CT molecular complexity index is 325. The number of nitrogens with one attached hydrogen (secondary N) is 1. The Morgan fingerprint density at radius 2 is 2.06 bits per heavy atom. The van der Waals surface area contributed by atoms with Crippen molar-refractivity contribution in [2.45, 2.75) is 32.2 Å². The van der Waals surface area contributed by atoms with Crippen molar-refractivity contribution in [1.29, 1.82) is 0 Å². The molecule has 0 radical (unpaired) electrons. The van der Waals surface area contributed by atoms with Crippen LogP contribution in [0.15, 0.2) is 24.3 Å². The number of aryl methyl sites for hydroxylation is 1. The summed E-state index contributed by atoms with van der Waals surface area (Å²) in [6, 6.07) is 9.65. The maximum Gasteiger partial charge on any atom is 0.0218 e. The van der Waals surface area contributed by atoms with Crippen LogP contribution in [0.1, 0.15) is 24.0 Å². The summed E-state index contributed by atoms with van der Waals surface area (Å²) < 4.78 is 0. The summed E-state index contributed by atoms with van der Waals surface area (Å²) in [5.74, 6) is 0. The van der Waals surface area contributed by atoms with Crippen molar-refractivity contribution in [3.05, 3.63) is 35.4 Å². The molecule has 1 aromatic rings. The molecule has 0 spiro atoms. The Morgan fingerprint density at radius 1 is 1.29 bits per heavy atom. The molecule has 0 amide bonds. The van der Waals surface area contributed by atoms with E-state index in [0.717, 1.165) is 25.6 Å². The van der Waals surface area contributed by atoms with E-state index in [4.69, 9.17) is 0 Å². The summed E-state index contributed by atoms with van der Waals surface area (Å²) in [6.07, 6.45) is 3.82. The first-order valence-electron chi connectivity index (χ1n) is 6.72. The van der Waals surface area contributed by atoms with Gasteiger partial charge in [-0.2, -0.15) is 0 Å². The molecule has 1 N–H and O–H groups in total. The van der Waals surface area contributed by atoms with Gasteiger partial charge in [-0.05, 0) is 45.3 Å². The summed E-state index contributed by atoms with van der Waals surface area (Å²) in [7, 11) is 2.26. The van der Waals surface area contributed by atoms with Gasteiger partial charge in [-0.1, -0.05) is 29.8 Å². The van der Waals surface area contributed by atoms with Crippen LogP contribution in [0.3, 0.4) is 0 Å². The van der Waals surface area contributed by atoms with E-state index in [1.165, 1.54) is 30.5 Å². The maximum absolute atomic E-state index is 3.48. The number of rotatable bonds is 4. The SMILES string of the molecule is Cc1ccc(CCN(C)C2CCCNC2)cc1. The molecule has 17 heavy (non-hydrogen) atoms. The quantitative estimate of drug-likeness (QED) is 0.856. The van der Waals surface area contributed by atoms with Crippen LogP contribution < -0.4 is 5.32 Å². The van der Waals surface area contributed by atoms with Crippen LogP contribution in [-0.2, 0) is 6.42 Å². The Morgan fingerprint density at radius 3 is 2.71 bits per heavy atom. The van der Waals surface area contributed by atoms with Gasteiger partial charge in [-0.25, -0.2) is 0 Å². The zero-order valence-electron chi connectivity index (χ0n) is 11.1. The van der Waals surface area contributed by atoms with E-state index in [1.54, 1.807) is 0 Å². The number of piperidine rings is 1. The van der Waals surface area contributed by atoms with E-state index in [0.29, 0.717) is 0 Å². The molecule has 1 aliphatic heterocycles. The van der Waals surface area contributed by atoms with Crippen LogP contribution in [0.2, 0.25) is 0 Å². The molecule has 1 fully saturated rings. The van der Waals surface area contributed by atoms with Crippen molar-refractivity contribution in [3.63, 3.8) is 0 Å². The number of likely N-dealkylation sites (N-methyl/N-ethyl adjacent to an activating group) is 1. The molecule has 1 heterocycles. The highest BCUT2D eigenvalue weighted by Crippen LogP contribution is 2.10. The molecule has 0 bridgehead atoms. The van der Waals surface area contributed by atoms with Gasteiger partial charge < -0.3 is 10.2 Å². The summed E-state index contributed by atoms with van der Waals surface area (Å²) >= 11 is 0. The Kier molecular flexibility index (Phi) is 4.57. The number of benzene rings is 1. The van der Waals surface area contributed by atoms with Crippen LogP contribution in [0, 0.1) is 6.92 Å². The zero-order valence-corrected chi connectivity index (χ0v) is 11.1. The Hall–Kier alpha value is -0.860. The van der Waals surface area contributed by atoms with Gasteiger partial charge in [-0.15, -0.1) is 0 Å². The molecule has 2 heteroatoms. The smallest absolute Gasteiger partial charge is 0.0218 e. The van der Waals surface area contributed by atoms with E-state index >= 15 is 0 Å². The van der Waals surface area contributed by atoms with Gasteiger partial charge in [0.1, 0.15) is 0 Å². The summed E-state index contributed by atoms with van der Waals surface area (Å²) in [5.41, 5.74) is 2.80. The van der Waals surface area contributed by atoms with Gasteiger partial charge in [0, 0.05) is 19.1 Å². The van der Waals surface area contributed by atoms with Gasteiger partial charge >= 0.3 is 0 Å². The minimum Gasteiger partial charge on any atom is -0.315 e. The Balaban J connectivity index is 1.78. The van der Waals surface area contributed by atoms with Crippen molar-refractivity contribution in [3.8, 4) is 0 Å². The highest BCUT2D eigenvalue weighted by Gasteiger charge is 2.16. The van der Waals surface area contributed by atoms with Gasteiger partial charge in [0.05, 0.1) is 0 Å². The standard InChI is InChI=1S/C15H24N2/c1-13-5-7-14(8-6-13)9-11-17(2)15-4-3-10-16-12-15/h5-8,15-16H,3-4,9-12H2,1-2H3. The highest BCUT2D eigenvalue weighted by molar-refractivity contribution is 5.21. The van der Waals surface area contributed by atoms with Crippen molar-refractivity contribution >= 4 is 0 Å². The van der Waals surface area contributed by atoms with Crippen molar-refractivity contribution in [2.24, 2.45) is 0 Å². The second-order valence-corrected chi connectivity index (χ2v) is 5.22. The summed E-state index contributed by atoms with van der Waals surface area (Å²) in [6.45, 7) is 5.66. The fourth-order valence-electron chi connectivity index (χ4n) is 2.45. The molecule has 0 saturated carbocycles. The number of hydrogen-bond donors (Lipinski definition) is 1. The topological polar surface area (TPSA) is 15.3 Å². The largest absolute Gasteiger partial charge is 0.315 e. The highest BCUT2D eigenvalue weighted by atomic mass is 15.2. The first kappa shape index (κ1) is 12.6. The van der Waals surface area contributed by atoms with Crippen LogP contribution in [0.5, 0.6) is 0 Å². The molecule has 2 nitrogen and oxygen atoms in total. The van der Waals surface area contributed by atoms with Crippen LogP contribution in [-0.4, -0.2) is 37.6 Å². The zero-order chi connectivity index (χ0) is 12.1. The lowest BCUT2D eigenvalue weighted by Gasteiger charge is -2.31. The van der Waals surface area contributed by atoms with Crippen molar-refractivity contribution < 1.29 is 0 Å². The average Bonchev–Trinajstić information content (AvgIpc) is 2.39. The minimum atomic E-state index is 0.731. The van der Waals surface area contributed by atoms with E-state index in [1.807, 2.05) is 0 Å². The second-order valence-electron chi connectivity index (χ2n) is 5.22. The molecule has 2 rings (SSSR count). The van der Waals surface area contributed by atoms with Crippen molar-refractivity contribution in [1.82, 2.24) is 10.2 Å². The fraction of sp³-hybridized carbons (Fsp3) is 0.600. The van der Waals surface area contributed by atoms with Gasteiger partial charge in [0.2, 0.25) is 0 Å². The predicted molar refractivity (Wildman–Crippen MR) is 73.4 cm³/mol. The maximum atomic E-state index is 3.48. The molecule has 1 unspecified atom stereocenters. The number of nitrogens with zero attached hydrogens (tertiary/aromatic N) is 1. The van der Waals surface area contributed by atoms with E-state index in [-0.39, 0.29) is 0 Å².